The van der Waals surface area contributed by atoms with E-state index in [1.165, 1.54) is 37.0 Å². The van der Waals surface area contributed by atoms with E-state index in [2.05, 4.69) is 24.3 Å². The third-order valence-corrected chi connectivity index (χ3v) is 5.49. The lowest BCUT2D eigenvalue weighted by molar-refractivity contribution is 0.228. The Bertz CT molecular complexity index is 388. The predicted molar refractivity (Wildman–Crippen MR) is 77.4 cm³/mol. The molecular weight excluding hydrogens is 242 g/mol. The van der Waals surface area contributed by atoms with Gasteiger partial charge < -0.3 is 10.5 Å². The van der Waals surface area contributed by atoms with Crippen molar-refractivity contribution in [3.8, 4) is 5.75 Å². The molecule has 1 saturated heterocycles. The van der Waals surface area contributed by atoms with E-state index in [9.17, 15) is 0 Å². The number of rotatable bonds is 4. The van der Waals surface area contributed by atoms with Gasteiger partial charge in [0.25, 0.3) is 0 Å². The van der Waals surface area contributed by atoms with Crippen LogP contribution in [0.2, 0.25) is 0 Å². The summed E-state index contributed by atoms with van der Waals surface area (Å²) in [6, 6.07) is 8.66. The fourth-order valence-electron chi connectivity index (χ4n) is 2.90. The predicted octanol–water partition coefficient (Wildman–Crippen LogP) is 2.95. The summed E-state index contributed by atoms with van der Waals surface area (Å²) in [5.74, 6) is 3.38. The standard InChI is InChI=1S/C15H21NOS/c16-11-15(7-1-8-15)12-2-4-13(5-3-12)17-14-6-9-18-10-14/h2-5,14H,1,6-11,16H2. The van der Waals surface area contributed by atoms with Gasteiger partial charge in [-0.2, -0.15) is 11.8 Å². The second kappa shape index (κ2) is 5.14. The Morgan fingerprint density at radius 3 is 2.56 bits per heavy atom. The Labute approximate surface area is 113 Å². The molecule has 1 atom stereocenters. The Kier molecular flexibility index (Phi) is 3.53. The van der Waals surface area contributed by atoms with Crippen molar-refractivity contribution < 1.29 is 4.74 Å². The first-order valence-corrected chi connectivity index (χ1v) is 8.03. The van der Waals surface area contributed by atoms with Gasteiger partial charge in [0.05, 0.1) is 0 Å². The van der Waals surface area contributed by atoms with E-state index in [-0.39, 0.29) is 5.41 Å². The lowest BCUT2D eigenvalue weighted by atomic mass is 9.64. The van der Waals surface area contributed by atoms with Crippen LogP contribution in [0.1, 0.15) is 31.2 Å². The van der Waals surface area contributed by atoms with Crippen LogP contribution in [0.4, 0.5) is 0 Å². The zero-order valence-electron chi connectivity index (χ0n) is 10.7. The van der Waals surface area contributed by atoms with Crippen molar-refractivity contribution in [3.05, 3.63) is 29.8 Å². The van der Waals surface area contributed by atoms with Crippen LogP contribution in [0.25, 0.3) is 0 Å². The van der Waals surface area contributed by atoms with Crippen LogP contribution in [0.15, 0.2) is 24.3 Å². The average molecular weight is 263 g/mol. The summed E-state index contributed by atoms with van der Waals surface area (Å²) >= 11 is 1.98. The van der Waals surface area contributed by atoms with Gasteiger partial charge in [-0.3, -0.25) is 0 Å². The minimum atomic E-state index is 0.266. The summed E-state index contributed by atoms with van der Waals surface area (Å²) in [7, 11) is 0. The van der Waals surface area contributed by atoms with Crippen molar-refractivity contribution >= 4 is 11.8 Å². The molecule has 1 aromatic rings. The van der Waals surface area contributed by atoms with Crippen LogP contribution in [-0.4, -0.2) is 24.2 Å². The molecule has 1 aliphatic heterocycles. The number of ether oxygens (including phenoxy) is 1. The monoisotopic (exact) mass is 263 g/mol. The minimum absolute atomic E-state index is 0.266. The number of hydrogen-bond donors (Lipinski definition) is 1. The Hall–Kier alpha value is -0.670. The first-order chi connectivity index (χ1) is 8.82. The van der Waals surface area contributed by atoms with Gasteiger partial charge in [0.15, 0.2) is 0 Å². The highest BCUT2D eigenvalue weighted by Crippen LogP contribution is 2.43. The van der Waals surface area contributed by atoms with E-state index in [1.807, 2.05) is 11.8 Å². The van der Waals surface area contributed by atoms with Crippen LogP contribution in [0.5, 0.6) is 5.75 Å². The molecule has 0 spiro atoms. The SMILES string of the molecule is NCC1(c2ccc(OC3CCSC3)cc2)CCC1. The van der Waals surface area contributed by atoms with Crippen molar-refractivity contribution in [1.82, 2.24) is 0 Å². The maximum absolute atomic E-state index is 5.98. The fourth-order valence-corrected chi connectivity index (χ4v) is 3.99. The normalized spacial score (nSPS) is 25.7. The molecule has 0 bridgehead atoms. The summed E-state index contributed by atoms with van der Waals surface area (Å²) in [6.45, 7) is 0.770. The molecule has 2 aliphatic rings. The van der Waals surface area contributed by atoms with Crippen molar-refractivity contribution in [2.24, 2.45) is 5.73 Å². The highest BCUT2D eigenvalue weighted by Gasteiger charge is 2.37. The third-order valence-electron chi connectivity index (χ3n) is 4.36. The molecule has 2 nitrogen and oxygen atoms in total. The zero-order chi connectivity index (χ0) is 12.4. The molecule has 3 heteroatoms. The molecule has 2 fully saturated rings. The maximum Gasteiger partial charge on any atom is 0.119 e. The number of benzene rings is 1. The molecule has 0 amide bonds. The van der Waals surface area contributed by atoms with E-state index < -0.39 is 0 Å². The van der Waals surface area contributed by atoms with Gasteiger partial charge in [-0.05, 0) is 42.7 Å². The van der Waals surface area contributed by atoms with Gasteiger partial charge in [-0.25, -0.2) is 0 Å². The second-order valence-electron chi connectivity index (χ2n) is 5.47. The molecule has 1 aliphatic carbocycles. The van der Waals surface area contributed by atoms with Crippen molar-refractivity contribution in [2.75, 3.05) is 18.1 Å². The van der Waals surface area contributed by atoms with Crippen LogP contribution in [0.3, 0.4) is 0 Å². The summed E-state index contributed by atoms with van der Waals surface area (Å²) in [4.78, 5) is 0. The van der Waals surface area contributed by atoms with Gasteiger partial charge in [-0.15, -0.1) is 0 Å². The largest absolute Gasteiger partial charge is 0.490 e. The molecule has 3 rings (SSSR count). The fraction of sp³-hybridized carbons (Fsp3) is 0.600. The molecule has 1 unspecified atom stereocenters. The average Bonchev–Trinajstić information content (AvgIpc) is 2.83. The van der Waals surface area contributed by atoms with Gasteiger partial charge in [0.2, 0.25) is 0 Å². The topological polar surface area (TPSA) is 35.2 Å². The summed E-state index contributed by atoms with van der Waals surface area (Å²) in [6.07, 6.45) is 5.38. The highest BCUT2D eigenvalue weighted by atomic mass is 32.2. The maximum atomic E-state index is 5.98. The number of hydrogen-bond acceptors (Lipinski definition) is 3. The summed E-state index contributed by atoms with van der Waals surface area (Å²) in [5, 5.41) is 0. The smallest absolute Gasteiger partial charge is 0.119 e. The number of nitrogens with two attached hydrogens (primary N) is 1. The lowest BCUT2D eigenvalue weighted by Gasteiger charge is -2.41. The first kappa shape index (κ1) is 12.4. The molecule has 1 aromatic carbocycles. The minimum Gasteiger partial charge on any atom is -0.490 e. The van der Waals surface area contributed by atoms with E-state index in [1.54, 1.807) is 0 Å². The summed E-state index contributed by atoms with van der Waals surface area (Å²) in [5.41, 5.74) is 7.60. The Balaban J connectivity index is 1.68. The van der Waals surface area contributed by atoms with Crippen molar-refractivity contribution in [2.45, 2.75) is 37.2 Å². The van der Waals surface area contributed by atoms with Gasteiger partial charge in [0, 0.05) is 17.7 Å². The van der Waals surface area contributed by atoms with E-state index in [0.29, 0.717) is 6.10 Å². The van der Waals surface area contributed by atoms with Gasteiger partial charge in [0.1, 0.15) is 11.9 Å². The Morgan fingerprint density at radius 1 is 1.28 bits per heavy atom. The lowest BCUT2D eigenvalue weighted by Crippen LogP contribution is -2.41. The quantitative estimate of drug-likeness (QED) is 0.907. The van der Waals surface area contributed by atoms with E-state index in [0.717, 1.165) is 18.0 Å². The van der Waals surface area contributed by atoms with Crippen LogP contribution < -0.4 is 10.5 Å². The number of thioether (sulfide) groups is 1. The van der Waals surface area contributed by atoms with Crippen molar-refractivity contribution in [1.29, 1.82) is 0 Å². The zero-order valence-corrected chi connectivity index (χ0v) is 11.5. The van der Waals surface area contributed by atoms with Crippen LogP contribution in [-0.2, 0) is 5.41 Å². The molecule has 2 N–H and O–H groups in total. The molecule has 98 valence electrons. The van der Waals surface area contributed by atoms with E-state index in [4.69, 9.17) is 10.5 Å². The molecule has 18 heavy (non-hydrogen) atoms. The third kappa shape index (κ3) is 2.26. The van der Waals surface area contributed by atoms with Crippen molar-refractivity contribution in [3.63, 3.8) is 0 Å². The first-order valence-electron chi connectivity index (χ1n) is 6.87. The van der Waals surface area contributed by atoms with Gasteiger partial charge >= 0.3 is 0 Å². The molecule has 0 radical (unpaired) electrons. The molecule has 0 aromatic heterocycles. The molecular formula is C15H21NOS. The highest BCUT2D eigenvalue weighted by molar-refractivity contribution is 7.99. The summed E-state index contributed by atoms with van der Waals surface area (Å²) < 4.78 is 5.98. The van der Waals surface area contributed by atoms with Crippen LogP contribution >= 0.6 is 11.8 Å². The molecule has 1 saturated carbocycles. The molecule has 1 heterocycles. The van der Waals surface area contributed by atoms with E-state index >= 15 is 0 Å². The Morgan fingerprint density at radius 2 is 2.06 bits per heavy atom. The van der Waals surface area contributed by atoms with Gasteiger partial charge in [-0.1, -0.05) is 18.6 Å². The van der Waals surface area contributed by atoms with Crippen LogP contribution in [0, 0.1) is 0 Å². The second-order valence-corrected chi connectivity index (χ2v) is 6.62.